The van der Waals surface area contributed by atoms with Gasteiger partial charge < -0.3 is 25.1 Å². The molecule has 0 spiro atoms. The highest BCUT2D eigenvalue weighted by molar-refractivity contribution is 6.09. The normalized spacial score (nSPS) is 17.2. The Balaban J connectivity index is 1.49. The molecule has 40 heavy (non-hydrogen) atoms. The second-order valence-corrected chi connectivity index (χ2v) is 9.60. The minimum atomic E-state index is 0.136. The first-order chi connectivity index (χ1) is 19.7. The van der Waals surface area contributed by atoms with Crippen LogP contribution in [0.5, 0.6) is 0 Å². The van der Waals surface area contributed by atoms with Crippen molar-refractivity contribution in [3.05, 3.63) is 120 Å². The molecule has 1 aliphatic carbocycles. The molecule has 0 saturated heterocycles. The number of aliphatic imine (C=N–C) groups is 1. The number of aromatic nitrogens is 4. The summed E-state index contributed by atoms with van der Waals surface area (Å²) < 4.78 is 4.46. The zero-order valence-electron chi connectivity index (χ0n) is 22.1. The lowest BCUT2D eigenvalue weighted by Crippen LogP contribution is -2.17. The van der Waals surface area contributed by atoms with Gasteiger partial charge in [0.15, 0.2) is 0 Å². The molecule has 0 radical (unpaired) electrons. The van der Waals surface area contributed by atoms with Crippen LogP contribution in [0.3, 0.4) is 0 Å². The van der Waals surface area contributed by atoms with Crippen LogP contribution in [0.15, 0.2) is 102 Å². The van der Waals surface area contributed by atoms with Gasteiger partial charge in [-0.1, -0.05) is 11.5 Å². The summed E-state index contributed by atoms with van der Waals surface area (Å²) in [6.45, 7) is 2.16. The number of nitrogens with zero attached hydrogens (tertiary/aromatic N) is 5. The summed E-state index contributed by atoms with van der Waals surface area (Å²) in [4.78, 5) is 13.2. The first-order valence-corrected chi connectivity index (χ1v) is 13.1. The van der Waals surface area contributed by atoms with Crippen molar-refractivity contribution in [2.45, 2.75) is 13.0 Å². The molecule has 8 nitrogen and oxygen atoms in total. The third-order valence-electron chi connectivity index (χ3n) is 7.25. The quantitative estimate of drug-likeness (QED) is 0.310. The van der Waals surface area contributed by atoms with Crippen LogP contribution in [0, 0.1) is 0 Å². The number of pyridine rings is 2. The molecule has 3 N–H and O–H groups in total. The van der Waals surface area contributed by atoms with Crippen LogP contribution in [0.4, 0.5) is 0 Å². The van der Waals surface area contributed by atoms with Crippen LogP contribution in [0.2, 0.25) is 0 Å². The maximum absolute atomic E-state index is 4.44. The average Bonchev–Trinajstić information content (AvgIpc) is 3.23. The summed E-state index contributed by atoms with van der Waals surface area (Å²) in [5.74, 6) is 0. The fourth-order valence-corrected chi connectivity index (χ4v) is 5.56. The first kappa shape index (κ1) is 23.6. The Labute approximate surface area is 231 Å². The fourth-order valence-electron chi connectivity index (χ4n) is 5.56. The Morgan fingerprint density at radius 3 is 2.55 bits per heavy atom. The number of fused-ring (bicyclic) bond motifs is 6. The maximum Gasteiger partial charge on any atom is 0.0912 e. The second-order valence-electron chi connectivity index (χ2n) is 9.60. The molecule has 0 bridgehead atoms. The highest BCUT2D eigenvalue weighted by Crippen LogP contribution is 2.36. The molecule has 8 heteroatoms. The van der Waals surface area contributed by atoms with Gasteiger partial charge in [0.05, 0.1) is 46.1 Å². The van der Waals surface area contributed by atoms with Gasteiger partial charge in [-0.25, -0.2) is 0 Å². The molecule has 0 fully saturated rings. The van der Waals surface area contributed by atoms with Gasteiger partial charge in [0.2, 0.25) is 0 Å². The molecular weight excluding hydrogens is 496 g/mol. The van der Waals surface area contributed by atoms with Gasteiger partial charge >= 0.3 is 0 Å². The minimum absolute atomic E-state index is 0.136. The molecule has 1 unspecified atom stereocenters. The number of hydrogen-bond acceptors (Lipinski definition) is 6. The van der Waals surface area contributed by atoms with E-state index in [1.54, 1.807) is 6.20 Å². The zero-order chi connectivity index (χ0) is 27.1. The van der Waals surface area contributed by atoms with Gasteiger partial charge in [0, 0.05) is 90.2 Å². The van der Waals surface area contributed by atoms with Crippen LogP contribution in [-0.2, 0) is 0 Å². The van der Waals surface area contributed by atoms with E-state index < -0.39 is 0 Å². The average molecular weight is 523 g/mol. The largest absolute Gasteiger partial charge is 0.393 e. The minimum Gasteiger partial charge on any atom is -0.393 e. The molecule has 0 saturated carbocycles. The molecule has 2 aliphatic heterocycles. The fraction of sp³-hybridized carbons (Fsp3) is 0.0938. The Hall–Kier alpha value is -5.55. The van der Waals surface area contributed by atoms with Crippen molar-refractivity contribution in [2.75, 3.05) is 7.05 Å². The van der Waals surface area contributed by atoms with E-state index in [1.807, 2.05) is 80.9 Å². The van der Waals surface area contributed by atoms with E-state index in [9.17, 15) is 0 Å². The van der Waals surface area contributed by atoms with Crippen LogP contribution in [0.25, 0.3) is 45.4 Å². The Morgan fingerprint density at radius 2 is 1.77 bits per heavy atom. The monoisotopic (exact) mass is 522 g/mol. The van der Waals surface area contributed by atoms with Crippen LogP contribution < -0.4 is 16.0 Å². The van der Waals surface area contributed by atoms with Crippen molar-refractivity contribution < 1.29 is 0 Å². The van der Waals surface area contributed by atoms with Crippen molar-refractivity contribution in [3.8, 4) is 0 Å². The van der Waals surface area contributed by atoms with E-state index >= 15 is 0 Å². The van der Waals surface area contributed by atoms with E-state index in [2.05, 4.69) is 76.7 Å². The smallest absolute Gasteiger partial charge is 0.0912 e. The molecular formula is C32H26N8. The van der Waals surface area contributed by atoms with E-state index in [1.165, 1.54) is 5.56 Å². The van der Waals surface area contributed by atoms with Crippen LogP contribution in [0.1, 0.15) is 35.5 Å². The molecule has 0 aromatic carbocycles. The third kappa shape index (κ3) is 3.76. The van der Waals surface area contributed by atoms with Gasteiger partial charge in [0.25, 0.3) is 0 Å². The first-order valence-electron chi connectivity index (χ1n) is 13.1. The Kier molecular flexibility index (Phi) is 5.68. The van der Waals surface area contributed by atoms with Gasteiger partial charge in [-0.3, -0.25) is 15.0 Å². The highest BCUT2D eigenvalue weighted by Gasteiger charge is 2.27. The van der Waals surface area contributed by atoms with Crippen LogP contribution >= 0.6 is 0 Å². The van der Waals surface area contributed by atoms with Crippen LogP contribution in [-0.4, -0.2) is 32.4 Å². The summed E-state index contributed by atoms with van der Waals surface area (Å²) in [5.41, 5.74) is 16.1. The van der Waals surface area contributed by atoms with Crippen molar-refractivity contribution in [1.82, 2.24) is 35.1 Å². The van der Waals surface area contributed by atoms with Gasteiger partial charge in [-0.15, -0.1) is 0 Å². The van der Waals surface area contributed by atoms with E-state index in [4.69, 9.17) is 0 Å². The molecule has 1 atom stereocenters. The lowest BCUT2D eigenvalue weighted by Gasteiger charge is -2.19. The summed E-state index contributed by atoms with van der Waals surface area (Å²) >= 11 is 0. The Morgan fingerprint density at radius 1 is 0.975 bits per heavy atom. The van der Waals surface area contributed by atoms with Crippen molar-refractivity contribution in [1.29, 1.82) is 0 Å². The molecule has 194 valence electrons. The predicted octanol–water partition coefficient (Wildman–Crippen LogP) is 5.29. The molecule has 0 amide bonds. The lowest BCUT2D eigenvalue weighted by atomic mass is 10.0. The summed E-state index contributed by atoms with van der Waals surface area (Å²) in [6.07, 6.45) is 27.2. The molecule has 4 aromatic heterocycles. The molecule has 4 aromatic rings. The predicted molar refractivity (Wildman–Crippen MR) is 162 cm³/mol. The summed E-state index contributed by atoms with van der Waals surface area (Å²) in [7, 11) is 1.87. The van der Waals surface area contributed by atoms with Gasteiger partial charge in [-0.2, -0.15) is 0 Å². The number of rotatable bonds is 5. The van der Waals surface area contributed by atoms with Gasteiger partial charge in [0.1, 0.15) is 0 Å². The van der Waals surface area contributed by atoms with Crippen molar-refractivity contribution >= 4 is 51.6 Å². The lowest BCUT2D eigenvalue weighted by molar-refractivity contribution is 0.676. The maximum atomic E-state index is 4.44. The SMILES string of the molecule is CN/C=C\NC1=CC(n2c3c(c4c2C=CNC4C)C=NC=C=C3)=C=CC(n2c3ccncc3c3cnccc32)=C1. The summed E-state index contributed by atoms with van der Waals surface area (Å²) in [6, 6.07) is 4.21. The molecule has 3 aliphatic rings. The zero-order valence-corrected chi connectivity index (χ0v) is 22.1. The topological polar surface area (TPSA) is 84.1 Å². The van der Waals surface area contributed by atoms with Gasteiger partial charge in [-0.05, 0) is 43.5 Å². The molecule has 7 rings (SSSR count). The third-order valence-corrected chi connectivity index (χ3v) is 7.25. The summed E-state index contributed by atoms with van der Waals surface area (Å²) in [5, 5.41) is 12.0. The van der Waals surface area contributed by atoms with Crippen molar-refractivity contribution in [2.24, 2.45) is 4.99 Å². The Bertz CT molecular complexity index is 1920. The molecule has 6 heterocycles. The van der Waals surface area contributed by atoms with Crippen molar-refractivity contribution in [3.63, 3.8) is 0 Å². The van der Waals surface area contributed by atoms with E-state index in [0.717, 1.165) is 55.8 Å². The number of nitrogens with one attached hydrogen (secondary N) is 3. The van der Waals surface area contributed by atoms with E-state index in [-0.39, 0.29) is 6.04 Å². The number of allylic oxidation sites excluding steroid dienone is 4. The number of hydrogen-bond donors (Lipinski definition) is 3. The highest BCUT2D eigenvalue weighted by atomic mass is 15.0. The van der Waals surface area contributed by atoms with E-state index in [0.29, 0.717) is 0 Å². The second kappa shape index (κ2) is 9.64. The standard InChI is InChI=1S/C32H26N8/c1-21-32-27-20-34-10-3-4-28(27)40(31(32)9-13-37-21)24-6-5-23(16-22(17-24)38-15-14-33-2)39-29-7-11-35-18-25(29)26-19-36-12-8-30(26)39/h4-5,7-21,33,37-38H,1-2H3/b15-14-.